The first-order valence-corrected chi connectivity index (χ1v) is 18.7. The Morgan fingerprint density at radius 2 is 1.71 bits per heavy atom. The molecule has 2 fully saturated rings. The van der Waals surface area contributed by atoms with Crippen LogP contribution >= 0.6 is 23.2 Å². The number of methoxy groups -OCH3 is 1. The van der Waals surface area contributed by atoms with Gasteiger partial charge in [-0.25, -0.2) is 9.18 Å². The fourth-order valence-corrected chi connectivity index (χ4v) is 9.50. The van der Waals surface area contributed by atoms with E-state index in [1.165, 1.54) is 13.2 Å². The number of unbranched alkanes of at least 4 members (excludes halogenated alkanes) is 6. The van der Waals surface area contributed by atoms with Gasteiger partial charge in [-0.2, -0.15) is 0 Å². The number of amides is 2. The molecule has 1 saturated carbocycles. The second-order valence-corrected chi connectivity index (χ2v) is 14.8. The zero-order chi connectivity index (χ0) is 36.2. The van der Waals surface area contributed by atoms with Crippen molar-refractivity contribution in [2.45, 2.75) is 100.0 Å². The van der Waals surface area contributed by atoms with Crippen molar-refractivity contribution in [3.05, 3.63) is 93.2 Å². The Hall–Kier alpha value is -3.90. The van der Waals surface area contributed by atoms with Gasteiger partial charge in [0, 0.05) is 34.3 Å². The third-order valence-corrected chi connectivity index (χ3v) is 11.8. The number of esters is 1. The molecule has 10 heteroatoms. The van der Waals surface area contributed by atoms with Gasteiger partial charge in [-0.15, -0.1) is 12.3 Å². The van der Waals surface area contributed by atoms with Crippen LogP contribution in [-0.4, -0.2) is 47.9 Å². The molecule has 2 heterocycles. The molecule has 2 spiro atoms. The van der Waals surface area contributed by atoms with E-state index < -0.39 is 34.7 Å². The number of likely N-dealkylation sites (tertiary alicyclic amines) is 1. The summed E-state index contributed by atoms with van der Waals surface area (Å²) in [5, 5.41) is 6.61. The van der Waals surface area contributed by atoms with Gasteiger partial charge >= 0.3 is 5.97 Å². The summed E-state index contributed by atoms with van der Waals surface area (Å²) in [6, 6.07) is 15.7. The number of terminal acetylenes is 1. The van der Waals surface area contributed by atoms with Crippen molar-refractivity contribution in [2.75, 3.05) is 24.3 Å². The van der Waals surface area contributed by atoms with E-state index in [0.717, 1.165) is 69.8 Å². The molecule has 2 amide bonds. The molecule has 0 radical (unpaired) electrons. The van der Waals surface area contributed by atoms with Crippen LogP contribution in [0, 0.1) is 18.2 Å². The normalized spacial score (nSPS) is 22.1. The van der Waals surface area contributed by atoms with Gasteiger partial charge in [0.1, 0.15) is 11.2 Å². The molecule has 268 valence electrons. The average Bonchev–Trinajstić information content (AvgIpc) is 3.55. The maximum absolute atomic E-state index is 16.5. The number of nitrogens with one attached hydrogen (secondary N) is 2. The Bertz CT molecular complexity index is 1820. The third kappa shape index (κ3) is 6.65. The van der Waals surface area contributed by atoms with Crippen LogP contribution < -0.4 is 10.6 Å². The molecule has 51 heavy (non-hydrogen) atoms. The summed E-state index contributed by atoms with van der Waals surface area (Å²) >= 11 is 13.0. The summed E-state index contributed by atoms with van der Waals surface area (Å²) in [5.74, 6) is 0.0127. The Morgan fingerprint density at radius 3 is 2.41 bits per heavy atom. The maximum atomic E-state index is 16.5. The SMILES string of the molecule is C#CCCCCCCCCN1C(C(=O)Nc2ccc(C(=O)OC)cc2)[C@H](c2cccc(Cl)c2F)C2(C(=O)Nc3cc(Cl)ccc32)C12CCCCC2. The number of hydrogen-bond donors (Lipinski definition) is 2. The van der Waals surface area contributed by atoms with E-state index in [4.69, 9.17) is 34.4 Å². The highest BCUT2D eigenvalue weighted by Gasteiger charge is 2.75. The molecule has 2 N–H and O–H groups in total. The molecule has 0 aromatic heterocycles. The van der Waals surface area contributed by atoms with Crippen molar-refractivity contribution in [3.8, 4) is 12.3 Å². The number of carbonyl (C=O) groups excluding carboxylic acids is 3. The van der Waals surface area contributed by atoms with E-state index in [-0.39, 0.29) is 22.4 Å². The van der Waals surface area contributed by atoms with Gasteiger partial charge in [0.15, 0.2) is 0 Å². The Balaban J connectivity index is 1.50. The van der Waals surface area contributed by atoms with Crippen LogP contribution in [0.1, 0.15) is 104 Å². The minimum absolute atomic E-state index is 0.0732. The standard InChI is InChI=1S/C41H44Cl2FN3O4/c1-3-4-5-6-7-8-9-13-25-47-36(37(48)45-29-20-17-27(18-21-29)38(49)51-2)34(30-15-14-16-32(43)35(30)44)41(40(47)23-11-10-12-24-40)31-22-19-28(42)26-33(31)46-39(41)50/h1,14-22,26,34,36H,4-13,23-25H2,2H3,(H,45,48)(H,46,50)/t34-,36?,41?/m0/s1. The number of anilines is 2. The molecule has 3 aromatic carbocycles. The highest BCUT2D eigenvalue weighted by Crippen LogP contribution is 2.66. The Kier molecular flexibility index (Phi) is 11.4. The fraction of sp³-hybridized carbons (Fsp3) is 0.439. The van der Waals surface area contributed by atoms with Crippen LogP contribution in [-0.2, 0) is 19.7 Å². The molecule has 1 saturated heterocycles. The maximum Gasteiger partial charge on any atom is 0.337 e. The predicted octanol–water partition coefficient (Wildman–Crippen LogP) is 9.28. The lowest BCUT2D eigenvalue weighted by Gasteiger charge is -2.51. The highest BCUT2D eigenvalue weighted by atomic mass is 35.5. The van der Waals surface area contributed by atoms with Crippen LogP contribution in [0.5, 0.6) is 0 Å². The molecule has 7 nitrogen and oxygen atoms in total. The van der Waals surface area contributed by atoms with Gasteiger partial charge < -0.3 is 15.4 Å². The van der Waals surface area contributed by atoms with Crippen molar-refractivity contribution in [3.63, 3.8) is 0 Å². The van der Waals surface area contributed by atoms with Crippen LogP contribution in [0.4, 0.5) is 15.8 Å². The lowest BCUT2D eigenvalue weighted by atomic mass is 9.55. The molecular weight excluding hydrogens is 688 g/mol. The molecule has 0 bridgehead atoms. The second-order valence-electron chi connectivity index (χ2n) is 13.9. The summed E-state index contributed by atoms with van der Waals surface area (Å²) in [4.78, 5) is 44.4. The van der Waals surface area contributed by atoms with Crippen LogP contribution in [0.2, 0.25) is 10.0 Å². The van der Waals surface area contributed by atoms with Crippen LogP contribution in [0.15, 0.2) is 60.7 Å². The van der Waals surface area contributed by atoms with Crippen molar-refractivity contribution in [2.24, 2.45) is 0 Å². The molecule has 1 aliphatic carbocycles. The number of fused-ring (bicyclic) bond motifs is 3. The van der Waals surface area contributed by atoms with Crippen LogP contribution in [0.25, 0.3) is 0 Å². The Labute approximate surface area is 309 Å². The number of benzene rings is 3. The first-order chi connectivity index (χ1) is 24.7. The van der Waals surface area contributed by atoms with E-state index in [0.29, 0.717) is 41.3 Å². The lowest BCUT2D eigenvalue weighted by molar-refractivity contribution is -0.127. The van der Waals surface area contributed by atoms with E-state index in [2.05, 4.69) is 21.5 Å². The lowest BCUT2D eigenvalue weighted by Crippen LogP contribution is -2.61. The molecule has 2 unspecified atom stereocenters. The van der Waals surface area contributed by atoms with E-state index in [9.17, 15) is 14.4 Å². The number of nitrogens with zero attached hydrogens (tertiary/aromatic N) is 1. The monoisotopic (exact) mass is 731 g/mol. The number of ether oxygens (including phenoxy) is 1. The summed E-state index contributed by atoms with van der Waals surface area (Å²) < 4.78 is 21.4. The molecule has 6 rings (SSSR count). The van der Waals surface area contributed by atoms with Gasteiger partial charge in [-0.1, -0.05) is 86.3 Å². The van der Waals surface area contributed by atoms with E-state index in [1.54, 1.807) is 48.5 Å². The predicted molar refractivity (Wildman–Crippen MR) is 200 cm³/mol. The third-order valence-electron chi connectivity index (χ3n) is 11.2. The van der Waals surface area contributed by atoms with Gasteiger partial charge in [-0.3, -0.25) is 14.5 Å². The summed E-state index contributed by atoms with van der Waals surface area (Å²) in [6.45, 7) is 0.542. The summed E-state index contributed by atoms with van der Waals surface area (Å²) in [5.41, 5.74) is 0.196. The number of carbonyl (C=O) groups is 3. The highest BCUT2D eigenvalue weighted by molar-refractivity contribution is 6.31. The number of halogens is 3. The van der Waals surface area contributed by atoms with Gasteiger partial charge in [0.25, 0.3) is 0 Å². The van der Waals surface area contributed by atoms with Gasteiger partial charge in [0.2, 0.25) is 11.8 Å². The minimum Gasteiger partial charge on any atom is -0.465 e. The second kappa shape index (κ2) is 15.8. The molecule has 2 aliphatic heterocycles. The average molecular weight is 733 g/mol. The largest absolute Gasteiger partial charge is 0.465 e. The van der Waals surface area contributed by atoms with Crippen molar-refractivity contribution < 1.29 is 23.5 Å². The van der Waals surface area contributed by atoms with Crippen molar-refractivity contribution >= 4 is 52.4 Å². The van der Waals surface area contributed by atoms with E-state index in [1.807, 2.05) is 6.07 Å². The fourth-order valence-electron chi connectivity index (χ4n) is 9.14. The first-order valence-electron chi connectivity index (χ1n) is 17.9. The molecule has 3 aromatic rings. The Morgan fingerprint density at radius 1 is 1.00 bits per heavy atom. The summed E-state index contributed by atoms with van der Waals surface area (Å²) in [6.07, 6.45) is 16.1. The van der Waals surface area contributed by atoms with Crippen molar-refractivity contribution in [1.29, 1.82) is 0 Å². The quantitative estimate of drug-likeness (QED) is 0.110. The molecule has 3 aliphatic rings. The summed E-state index contributed by atoms with van der Waals surface area (Å²) in [7, 11) is 1.31. The van der Waals surface area contributed by atoms with Gasteiger partial charge in [-0.05, 0) is 85.8 Å². The molecule has 3 atom stereocenters. The van der Waals surface area contributed by atoms with Gasteiger partial charge in [0.05, 0.1) is 23.7 Å². The minimum atomic E-state index is -1.33. The smallest absolute Gasteiger partial charge is 0.337 e. The first kappa shape index (κ1) is 36.9. The zero-order valence-corrected chi connectivity index (χ0v) is 30.4. The molecular formula is C41H44Cl2FN3O4. The number of hydrogen-bond acceptors (Lipinski definition) is 5. The zero-order valence-electron chi connectivity index (χ0n) is 28.9. The topological polar surface area (TPSA) is 87.7 Å². The number of rotatable bonds is 12. The van der Waals surface area contributed by atoms with Crippen LogP contribution in [0.3, 0.4) is 0 Å². The van der Waals surface area contributed by atoms with Crippen molar-refractivity contribution in [1.82, 2.24) is 4.90 Å². The van der Waals surface area contributed by atoms with E-state index >= 15 is 4.39 Å².